The van der Waals surface area contributed by atoms with Gasteiger partial charge in [0.25, 0.3) is 0 Å². The van der Waals surface area contributed by atoms with Crippen LogP contribution in [0.3, 0.4) is 0 Å². The van der Waals surface area contributed by atoms with Crippen molar-refractivity contribution >= 4 is 34.1 Å². The van der Waals surface area contributed by atoms with Crippen molar-refractivity contribution in [3.63, 3.8) is 0 Å². The van der Waals surface area contributed by atoms with Crippen molar-refractivity contribution in [1.29, 1.82) is 0 Å². The van der Waals surface area contributed by atoms with Gasteiger partial charge in [0.05, 0.1) is 11.6 Å². The third-order valence-electron chi connectivity index (χ3n) is 4.69. The zero-order valence-electron chi connectivity index (χ0n) is 14.8. The summed E-state index contributed by atoms with van der Waals surface area (Å²) in [4.78, 5) is 27.9. The predicted molar refractivity (Wildman–Crippen MR) is 99.7 cm³/mol. The molecule has 0 aliphatic carbocycles. The van der Waals surface area contributed by atoms with E-state index in [1.54, 1.807) is 13.2 Å². The minimum absolute atomic E-state index is 0.0670. The summed E-state index contributed by atoms with van der Waals surface area (Å²) in [5.74, 6) is 0.359. The molecule has 3 rings (SSSR count). The third kappa shape index (κ3) is 3.14. The van der Waals surface area contributed by atoms with Gasteiger partial charge in [-0.15, -0.1) is 0 Å². The average molecular weight is 337 g/mol. The Kier molecular flexibility index (Phi) is 4.83. The number of carbonyl (C=O) groups excluding carboxylic acids is 2. The van der Waals surface area contributed by atoms with Crippen LogP contribution in [0.15, 0.2) is 36.5 Å². The summed E-state index contributed by atoms with van der Waals surface area (Å²) in [7, 11) is 1.60. The quantitative estimate of drug-likeness (QED) is 0.699. The number of nitrogens with zero attached hydrogens (tertiary/aromatic N) is 2. The second-order valence-corrected chi connectivity index (χ2v) is 6.59. The van der Waals surface area contributed by atoms with E-state index in [0.29, 0.717) is 18.8 Å². The average Bonchev–Trinajstić information content (AvgIpc) is 2.96. The molecule has 0 aliphatic heterocycles. The van der Waals surface area contributed by atoms with E-state index >= 15 is 0 Å². The molecule has 5 nitrogen and oxygen atoms in total. The molecule has 5 heteroatoms. The number of hydrogen-bond donors (Lipinski definition) is 1. The maximum atomic E-state index is 11.8. The lowest BCUT2D eigenvalue weighted by Gasteiger charge is -2.15. The van der Waals surface area contributed by atoms with Crippen molar-refractivity contribution in [2.45, 2.75) is 38.6 Å². The summed E-state index contributed by atoms with van der Waals surface area (Å²) in [6.45, 7) is 4.33. The Bertz CT molecular complexity index is 927. The maximum Gasteiger partial charge on any atom is 0.219 e. The molecule has 0 saturated heterocycles. The fourth-order valence-electron chi connectivity index (χ4n) is 3.25. The minimum Gasteiger partial charge on any atom is -0.359 e. The number of hydrogen-bond acceptors (Lipinski definition) is 3. The van der Waals surface area contributed by atoms with E-state index in [-0.39, 0.29) is 5.91 Å². The lowest BCUT2D eigenvalue weighted by molar-refractivity contribution is -0.121. The molecule has 2 heterocycles. The predicted octanol–water partition coefficient (Wildman–Crippen LogP) is 3.58. The summed E-state index contributed by atoms with van der Waals surface area (Å²) in [5.41, 5.74) is 3.02. The zero-order valence-corrected chi connectivity index (χ0v) is 14.8. The largest absolute Gasteiger partial charge is 0.359 e. The molecule has 1 unspecified atom stereocenters. The van der Waals surface area contributed by atoms with Gasteiger partial charge in [-0.25, -0.2) is 4.98 Å². The lowest BCUT2D eigenvalue weighted by Crippen LogP contribution is -2.20. The fraction of sp³-hybridized carbons (Fsp3) is 0.350. The van der Waals surface area contributed by atoms with E-state index < -0.39 is 6.04 Å². The monoisotopic (exact) mass is 337 g/mol. The molecular weight excluding hydrogens is 314 g/mol. The van der Waals surface area contributed by atoms with Gasteiger partial charge in [0.15, 0.2) is 0 Å². The molecule has 1 aromatic carbocycles. The van der Waals surface area contributed by atoms with Crippen LogP contribution in [0.4, 0.5) is 0 Å². The van der Waals surface area contributed by atoms with Crippen LogP contribution in [-0.2, 0) is 9.59 Å². The Labute approximate surface area is 147 Å². The van der Waals surface area contributed by atoms with Gasteiger partial charge in [0.2, 0.25) is 5.91 Å². The highest BCUT2D eigenvalue weighted by Gasteiger charge is 2.20. The third-order valence-corrected chi connectivity index (χ3v) is 4.69. The second kappa shape index (κ2) is 7.05. The molecule has 1 amide bonds. The van der Waals surface area contributed by atoms with Crippen LogP contribution in [-0.4, -0.2) is 28.8 Å². The fourth-order valence-corrected chi connectivity index (χ4v) is 3.25. The Hall–Kier alpha value is -2.69. The van der Waals surface area contributed by atoms with Gasteiger partial charge in [-0.3, -0.25) is 4.79 Å². The number of carbonyl (C=O) groups is 2. The van der Waals surface area contributed by atoms with Crippen molar-refractivity contribution in [2.24, 2.45) is 0 Å². The van der Waals surface area contributed by atoms with E-state index in [0.717, 1.165) is 28.2 Å². The first-order valence-electron chi connectivity index (χ1n) is 8.61. The normalized spacial score (nSPS) is 12.6. The molecule has 1 N–H and O–H groups in total. The van der Waals surface area contributed by atoms with Crippen molar-refractivity contribution in [2.75, 3.05) is 7.05 Å². The summed E-state index contributed by atoms with van der Waals surface area (Å²) in [6, 6.07) is 9.87. The molecule has 1 atom stereocenters. The molecule has 2 aromatic heterocycles. The molecule has 0 saturated carbocycles. The van der Waals surface area contributed by atoms with Crippen LogP contribution in [0.2, 0.25) is 0 Å². The van der Waals surface area contributed by atoms with Crippen molar-refractivity contribution < 1.29 is 9.59 Å². The number of fused-ring (bicyclic) bond motifs is 3. The Balaban J connectivity index is 2.18. The Morgan fingerprint density at radius 3 is 2.76 bits per heavy atom. The number of aldehydes is 1. The van der Waals surface area contributed by atoms with Gasteiger partial charge in [0.1, 0.15) is 11.9 Å². The highest BCUT2D eigenvalue weighted by molar-refractivity contribution is 6.07. The lowest BCUT2D eigenvalue weighted by atomic mass is 10.0. The molecule has 0 bridgehead atoms. The molecule has 0 radical (unpaired) electrons. The number of benzene rings is 1. The molecule has 0 fully saturated rings. The summed E-state index contributed by atoms with van der Waals surface area (Å²) in [6.07, 6.45) is 3.40. The van der Waals surface area contributed by atoms with Gasteiger partial charge in [-0.05, 0) is 42.2 Å². The Morgan fingerprint density at radius 2 is 2.08 bits per heavy atom. The van der Waals surface area contributed by atoms with E-state index in [2.05, 4.69) is 42.3 Å². The van der Waals surface area contributed by atoms with Crippen molar-refractivity contribution in [1.82, 2.24) is 14.9 Å². The van der Waals surface area contributed by atoms with Gasteiger partial charge in [-0.1, -0.05) is 19.9 Å². The first-order valence-corrected chi connectivity index (χ1v) is 8.61. The van der Waals surface area contributed by atoms with Crippen LogP contribution in [0.25, 0.3) is 21.9 Å². The SMILES string of the molecule is CNC(=O)CCC(C=O)n1c2ccc(C(C)C)cc2c2cccnc21. The second-order valence-electron chi connectivity index (χ2n) is 6.59. The van der Waals surface area contributed by atoms with Crippen LogP contribution in [0, 0.1) is 0 Å². The van der Waals surface area contributed by atoms with E-state index in [9.17, 15) is 9.59 Å². The summed E-state index contributed by atoms with van der Waals surface area (Å²) < 4.78 is 1.96. The van der Waals surface area contributed by atoms with Crippen LogP contribution < -0.4 is 5.32 Å². The number of pyridine rings is 1. The maximum absolute atomic E-state index is 11.8. The van der Waals surface area contributed by atoms with Crippen molar-refractivity contribution in [3.05, 3.63) is 42.1 Å². The van der Waals surface area contributed by atoms with Gasteiger partial charge in [0, 0.05) is 30.4 Å². The molecular formula is C20H23N3O2. The number of aromatic nitrogens is 2. The van der Waals surface area contributed by atoms with Crippen LogP contribution >= 0.6 is 0 Å². The zero-order chi connectivity index (χ0) is 18.0. The minimum atomic E-state index is -0.419. The van der Waals surface area contributed by atoms with Crippen LogP contribution in [0.5, 0.6) is 0 Å². The van der Waals surface area contributed by atoms with Gasteiger partial charge < -0.3 is 14.7 Å². The van der Waals surface area contributed by atoms with E-state index in [1.165, 1.54) is 5.56 Å². The van der Waals surface area contributed by atoms with Gasteiger partial charge in [-0.2, -0.15) is 0 Å². The molecule has 25 heavy (non-hydrogen) atoms. The van der Waals surface area contributed by atoms with Crippen molar-refractivity contribution in [3.8, 4) is 0 Å². The summed E-state index contributed by atoms with van der Waals surface area (Å²) in [5, 5.41) is 4.74. The number of rotatable bonds is 6. The topological polar surface area (TPSA) is 64.0 Å². The first-order chi connectivity index (χ1) is 12.1. The molecule has 0 spiro atoms. The number of nitrogens with one attached hydrogen (secondary N) is 1. The van der Waals surface area contributed by atoms with Gasteiger partial charge >= 0.3 is 0 Å². The molecule has 3 aromatic rings. The highest BCUT2D eigenvalue weighted by atomic mass is 16.1. The standard InChI is InChI=1S/C20H23N3O2/c1-13(2)14-6-8-18-17(11-14)16-5-4-10-22-20(16)23(18)15(12-24)7-9-19(25)21-3/h4-6,8,10-13,15H,7,9H2,1-3H3,(H,21,25). The summed E-state index contributed by atoms with van der Waals surface area (Å²) >= 11 is 0. The Morgan fingerprint density at radius 1 is 1.28 bits per heavy atom. The first kappa shape index (κ1) is 17.1. The highest BCUT2D eigenvalue weighted by Crippen LogP contribution is 2.33. The molecule has 0 aliphatic rings. The van der Waals surface area contributed by atoms with Crippen LogP contribution in [0.1, 0.15) is 44.2 Å². The van der Waals surface area contributed by atoms with E-state index in [4.69, 9.17) is 0 Å². The van der Waals surface area contributed by atoms with E-state index in [1.807, 2.05) is 16.7 Å². The smallest absolute Gasteiger partial charge is 0.219 e. The molecule has 130 valence electrons. The number of amides is 1.